The number of carbonyl (C=O) groups excluding carboxylic acids is 1. The molecule has 16 heavy (non-hydrogen) atoms. The molecule has 0 unspecified atom stereocenters. The van der Waals surface area contributed by atoms with Gasteiger partial charge in [0.1, 0.15) is 6.33 Å². The molecular weight excluding hydrogens is 210 g/mol. The SMILES string of the molecule is CC(=O)NOc1cccc(-n2cnnn2)c1. The number of benzene rings is 1. The summed E-state index contributed by atoms with van der Waals surface area (Å²) in [5.41, 5.74) is 2.98. The van der Waals surface area contributed by atoms with Gasteiger partial charge in [0.05, 0.1) is 5.69 Å². The second-order valence-electron chi connectivity index (χ2n) is 3.01. The number of aromatic nitrogens is 4. The van der Waals surface area contributed by atoms with Crippen LogP contribution in [0.1, 0.15) is 6.92 Å². The Hall–Kier alpha value is -2.44. The van der Waals surface area contributed by atoms with Crippen LogP contribution in [0, 0.1) is 0 Å². The smallest absolute Gasteiger partial charge is 0.249 e. The predicted octanol–water partition coefficient (Wildman–Crippen LogP) is 0.0922. The van der Waals surface area contributed by atoms with Crippen LogP contribution in [0.4, 0.5) is 0 Å². The van der Waals surface area contributed by atoms with Crippen LogP contribution in [0.25, 0.3) is 5.69 Å². The van der Waals surface area contributed by atoms with Crippen molar-refractivity contribution in [2.75, 3.05) is 0 Å². The Morgan fingerprint density at radius 1 is 1.50 bits per heavy atom. The van der Waals surface area contributed by atoms with Gasteiger partial charge in [-0.05, 0) is 22.6 Å². The van der Waals surface area contributed by atoms with Crippen molar-refractivity contribution in [1.29, 1.82) is 0 Å². The van der Waals surface area contributed by atoms with Crippen LogP contribution in [0.5, 0.6) is 5.75 Å². The molecule has 0 aliphatic carbocycles. The van der Waals surface area contributed by atoms with Gasteiger partial charge in [-0.25, -0.2) is 4.68 Å². The minimum Gasteiger partial charge on any atom is -0.379 e. The Morgan fingerprint density at radius 3 is 3.06 bits per heavy atom. The molecule has 1 N–H and O–H groups in total. The number of nitrogens with zero attached hydrogens (tertiary/aromatic N) is 4. The van der Waals surface area contributed by atoms with Crippen LogP contribution < -0.4 is 10.3 Å². The van der Waals surface area contributed by atoms with E-state index in [4.69, 9.17) is 4.84 Å². The summed E-state index contributed by atoms with van der Waals surface area (Å²) in [6, 6.07) is 7.00. The largest absolute Gasteiger partial charge is 0.379 e. The fourth-order valence-corrected chi connectivity index (χ4v) is 1.10. The van der Waals surface area contributed by atoms with Crippen LogP contribution >= 0.6 is 0 Å². The molecule has 0 aliphatic heterocycles. The van der Waals surface area contributed by atoms with Crippen LogP contribution in [0.3, 0.4) is 0 Å². The lowest BCUT2D eigenvalue weighted by molar-refractivity contribution is -0.125. The summed E-state index contributed by atoms with van der Waals surface area (Å²) < 4.78 is 1.49. The summed E-state index contributed by atoms with van der Waals surface area (Å²) >= 11 is 0. The van der Waals surface area contributed by atoms with Crippen molar-refractivity contribution in [3.05, 3.63) is 30.6 Å². The fraction of sp³-hybridized carbons (Fsp3) is 0.111. The van der Waals surface area contributed by atoms with Crippen molar-refractivity contribution in [3.63, 3.8) is 0 Å². The van der Waals surface area contributed by atoms with Gasteiger partial charge in [0, 0.05) is 13.0 Å². The van der Waals surface area contributed by atoms with E-state index in [0.717, 1.165) is 5.69 Å². The number of amides is 1. The van der Waals surface area contributed by atoms with E-state index in [2.05, 4.69) is 21.0 Å². The number of hydrogen-bond donors (Lipinski definition) is 1. The first-order valence-electron chi connectivity index (χ1n) is 4.52. The highest BCUT2D eigenvalue weighted by Crippen LogP contribution is 2.14. The zero-order valence-electron chi connectivity index (χ0n) is 8.49. The molecule has 7 heteroatoms. The number of carbonyl (C=O) groups is 1. The number of rotatable bonds is 3. The van der Waals surface area contributed by atoms with Gasteiger partial charge in [0.25, 0.3) is 0 Å². The molecule has 1 amide bonds. The molecule has 0 atom stereocenters. The Labute approximate surface area is 91.0 Å². The fourth-order valence-electron chi connectivity index (χ4n) is 1.10. The summed E-state index contributed by atoms with van der Waals surface area (Å²) in [6.07, 6.45) is 1.47. The topological polar surface area (TPSA) is 81.9 Å². The second kappa shape index (κ2) is 4.39. The third-order valence-corrected chi connectivity index (χ3v) is 1.74. The lowest BCUT2D eigenvalue weighted by atomic mass is 10.3. The van der Waals surface area contributed by atoms with Crippen LogP contribution in [0.15, 0.2) is 30.6 Å². The minimum absolute atomic E-state index is 0.271. The quantitative estimate of drug-likeness (QED) is 0.740. The molecule has 0 saturated heterocycles. The summed E-state index contributed by atoms with van der Waals surface area (Å²) in [5.74, 6) is 0.232. The third kappa shape index (κ3) is 2.32. The van der Waals surface area contributed by atoms with Crippen molar-refractivity contribution in [2.24, 2.45) is 0 Å². The Balaban J connectivity index is 2.17. The van der Waals surface area contributed by atoms with E-state index in [1.54, 1.807) is 18.2 Å². The van der Waals surface area contributed by atoms with E-state index in [0.29, 0.717) is 5.75 Å². The summed E-state index contributed by atoms with van der Waals surface area (Å²) in [6.45, 7) is 1.37. The van der Waals surface area contributed by atoms with Gasteiger partial charge < -0.3 is 4.84 Å². The molecule has 1 aromatic carbocycles. The maximum Gasteiger partial charge on any atom is 0.249 e. The van der Waals surface area contributed by atoms with Gasteiger partial charge >= 0.3 is 0 Å². The maximum absolute atomic E-state index is 10.7. The van der Waals surface area contributed by atoms with Gasteiger partial charge in [-0.3, -0.25) is 4.79 Å². The molecular formula is C9H9N5O2. The Morgan fingerprint density at radius 2 is 2.38 bits per heavy atom. The average molecular weight is 219 g/mol. The molecule has 0 fully saturated rings. The standard InChI is InChI=1S/C9H9N5O2/c1-7(15)11-16-9-4-2-3-8(5-9)14-6-10-12-13-14/h2-6H,1H3,(H,11,15). The van der Waals surface area contributed by atoms with Crippen molar-refractivity contribution >= 4 is 5.91 Å². The summed E-state index contributed by atoms with van der Waals surface area (Å²) in [7, 11) is 0. The molecule has 0 aliphatic rings. The second-order valence-corrected chi connectivity index (χ2v) is 3.01. The van der Waals surface area contributed by atoms with Crippen molar-refractivity contribution < 1.29 is 9.63 Å². The lowest BCUT2D eigenvalue weighted by Gasteiger charge is -2.05. The summed E-state index contributed by atoms with van der Waals surface area (Å²) in [4.78, 5) is 15.7. The predicted molar refractivity (Wildman–Crippen MR) is 53.6 cm³/mol. The van der Waals surface area contributed by atoms with Gasteiger partial charge in [-0.2, -0.15) is 5.48 Å². The van der Waals surface area contributed by atoms with E-state index in [-0.39, 0.29) is 5.91 Å². The van der Waals surface area contributed by atoms with Gasteiger partial charge in [-0.1, -0.05) is 6.07 Å². The van der Waals surface area contributed by atoms with Crippen molar-refractivity contribution in [1.82, 2.24) is 25.7 Å². The molecule has 0 saturated carbocycles. The van der Waals surface area contributed by atoms with Crippen LogP contribution in [0.2, 0.25) is 0 Å². The number of hydrogen-bond acceptors (Lipinski definition) is 5. The van der Waals surface area contributed by atoms with Crippen molar-refractivity contribution in [3.8, 4) is 11.4 Å². The number of nitrogens with one attached hydrogen (secondary N) is 1. The maximum atomic E-state index is 10.7. The molecule has 7 nitrogen and oxygen atoms in total. The molecule has 1 aromatic heterocycles. The van der Waals surface area contributed by atoms with Crippen molar-refractivity contribution in [2.45, 2.75) is 6.92 Å². The highest BCUT2D eigenvalue weighted by molar-refractivity contribution is 5.71. The molecule has 1 heterocycles. The normalized spacial score (nSPS) is 9.81. The third-order valence-electron chi connectivity index (χ3n) is 1.74. The first-order chi connectivity index (χ1) is 7.75. The molecule has 0 radical (unpaired) electrons. The van der Waals surface area contributed by atoms with Crippen LogP contribution in [-0.2, 0) is 4.79 Å². The highest BCUT2D eigenvalue weighted by Gasteiger charge is 2.01. The Bertz CT molecular complexity index is 482. The van der Waals surface area contributed by atoms with Gasteiger partial charge in [0.15, 0.2) is 5.75 Å². The zero-order valence-corrected chi connectivity index (χ0v) is 8.49. The first kappa shape index (κ1) is 10.1. The molecule has 82 valence electrons. The molecule has 0 spiro atoms. The van der Waals surface area contributed by atoms with E-state index in [1.807, 2.05) is 6.07 Å². The molecule has 2 aromatic rings. The average Bonchev–Trinajstić information content (AvgIpc) is 2.80. The van der Waals surface area contributed by atoms with Gasteiger partial charge in [0.2, 0.25) is 5.91 Å². The van der Waals surface area contributed by atoms with E-state index < -0.39 is 0 Å². The summed E-state index contributed by atoms with van der Waals surface area (Å²) in [5, 5.41) is 10.8. The minimum atomic E-state index is -0.271. The zero-order chi connectivity index (χ0) is 11.4. The van der Waals surface area contributed by atoms with Crippen LogP contribution in [-0.4, -0.2) is 26.1 Å². The Kier molecular flexibility index (Phi) is 2.77. The number of hydroxylamine groups is 1. The molecule has 0 bridgehead atoms. The first-order valence-corrected chi connectivity index (χ1v) is 4.52. The number of tetrazole rings is 1. The van der Waals surface area contributed by atoms with E-state index in [1.165, 1.54) is 17.9 Å². The lowest BCUT2D eigenvalue weighted by Crippen LogP contribution is -2.23. The monoisotopic (exact) mass is 219 g/mol. The highest BCUT2D eigenvalue weighted by atomic mass is 16.7. The van der Waals surface area contributed by atoms with E-state index >= 15 is 0 Å². The van der Waals surface area contributed by atoms with E-state index in [9.17, 15) is 4.79 Å². The molecule has 2 rings (SSSR count). The van der Waals surface area contributed by atoms with Gasteiger partial charge in [-0.15, -0.1) is 5.10 Å².